The van der Waals surface area contributed by atoms with Gasteiger partial charge in [-0.05, 0) is 42.0 Å². The van der Waals surface area contributed by atoms with Crippen molar-refractivity contribution in [2.75, 3.05) is 0 Å². The smallest absolute Gasteiger partial charge is 0.363 e. The number of rotatable bonds is 6. The van der Waals surface area contributed by atoms with E-state index in [1.165, 1.54) is 24.5 Å². The number of cyclic esters (lactones) is 1. The summed E-state index contributed by atoms with van der Waals surface area (Å²) in [7, 11) is 0. The van der Waals surface area contributed by atoms with Gasteiger partial charge in [0.05, 0.1) is 22.2 Å². The van der Waals surface area contributed by atoms with E-state index in [9.17, 15) is 25.0 Å². The zero-order chi connectivity index (χ0) is 22.0. The predicted octanol–water partition coefficient (Wildman–Crippen LogP) is 4.23. The van der Waals surface area contributed by atoms with Gasteiger partial charge in [0.25, 0.3) is 11.6 Å². The number of hydrogen-bond donors (Lipinski definition) is 0. The molecule has 2 heterocycles. The topological polar surface area (TPSA) is 147 Å². The number of furan rings is 1. The molecule has 11 heteroatoms. The lowest BCUT2D eigenvalue weighted by atomic mass is 10.2. The van der Waals surface area contributed by atoms with Crippen LogP contribution in [0.2, 0.25) is 0 Å². The maximum atomic E-state index is 12.0. The van der Waals surface area contributed by atoms with Crippen molar-refractivity contribution in [2.45, 2.75) is 0 Å². The molecule has 0 amide bonds. The minimum Gasteiger partial charge on any atom is -0.459 e. The lowest BCUT2D eigenvalue weighted by Gasteiger charge is -2.06. The normalized spacial score (nSPS) is 14.3. The molecule has 1 aromatic heterocycles. The summed E-state index contributed by atoms with van der Waals surface area (Å²) in [5.74, 6) is -0.133. The summed E-state index contributed by atoms with van der Waals surface area (Å²) < 4.78 is 15.7. The second-order valence-corrected chi connectivity index (χ2v) is 6.15. The third-order valence-electron chi connectivity index (χ3n) is 4.11. The highest BCUT2D eigenvalue weighted by Crippen LogP contribution is 2.34. The van der Waals surface area contributed by atoms with E-state index in [4.69, 9.17) is 13.9 Å². The zero-order valence-corrected chi connectivity index (χ0v) is 15.5. The Bertz CT molecular complexity index is 1240. The first-order valence-corrected chi connectivity index (χ1v) is 8.68. The standard InChI is InChI=1S/C20H11N3O8/c24-20-15(21-19(31-20)18-2-1-9-29-18)10-12-3-6-14(7-4-12)30-17-8-5-13(22(25)26)11-16(17)23(27)28/h1-11H/b15-10+. The second-order valence-electron chi connectivity index (χ2n) is 6.15. The molecule has 1 aliphatic heterocycles. The molecule has 0 aliphatic carbocycles. The summed E-state index contributed by atoms with van der Waals surface area (Å²) in [5.41, 5.74) is -0.277. The lowest BCUT2D eigenvalue weighted by molar-refractivity contribution is -0.394. The molecule has 0 saturated carbocycles. The fourth-order valence-electron chi connectivity index (χ4n) is 2.68. The van der Waals surface area contributed by atoms with E-state index in [0.29, 0.717) is 11.3 Å². The van der Waals surface area contributed by atoms with Crippen molar-refractivity contribution in [3.63, 3.8) is 0 Å². The van der Waals surface area contributed by atoms with E-state index in [0.717, 1.165) is 18.2 Å². The van der Waals surface area contributed by atoms with Gasteiger partial charge in [0, 0.05) is 6.07 Å². The van der Waals surface area contributed by atoms with Crippen LogP contribution in [0.4, 0.5) is 11.4 Å². The van der Waals surface area contributed by atoms with E-state index < -0.39 is 27.2 Å². The minimum absolute atomic E-state index is 0.0617. The van der Waals surface area contributed by atoms with E-state index in [-0.39, 0.29) is 23.1 Å². The summed E-state index contributed by atoms with van der Waals surface area (Å²) in [6.45, 7) is 0. The lowest BCUT2D eigenvalue weighted by Crippen LogP contribution is -2.04. The molecule has 31 heavy (non-hydrogen) atoms. The van der Waals surface area contributed by atoms with Gasteiger partial charge < -0.3 is 13.9 Å². The number of aliphatic imine (C=N–C) groups is 1. The third-order valence-corrected chi connectivity index (χ3v) is 4.11. The van der Waals surface area contributed by atoms with Gasteiger partial charge in [0.2, 0.25) is 5.75 Å². The van der Waals surface area contributed by atoms with Crippen LogP contribution in [0.15, 0.2) is 76.0 Å². The molecule has 0 fully saturated rings. The molecular formula is C20H11N3O8. The number of hydrogen-bond acceptors (Lipinski definition) is 9. The second kappa shape index (κ2) is 7.91. The summed E-state index contributed by atoms with van der Waals surface area (Å²) >= 11 is 0. The monoisotopic (exact) mass is 421 g/mol. The molecule has 0 radical (unpaired) electrons. The van der Waals surface area contributed by atoms with Crippen LogP contribution >= 0.6 is 0 Å². The van der Waals surface area contributed by atoms with Crippen molar-refractivity contribution < 1.29 is 28.5 Å². The molecule has 0 saturated heterocycles. The Hall–Kier alpha value is -4.80. The molecule has 0 bridgehead atoms. The quantitative estimate of drug-likeness (QED) is 0.248. The molecule has 3 aromatic rings. The molecule has 1 aliphatic rings. The van der Waals surface area contributed by atoms with Gasteiger partial charge in [-0.3, -0.25) is 20.2 Å². The summed E-state index contributed by atoms with van der Waals surface area (Å²) in [4.78, 5) is 36.6. The zero-order valence-electron chi connectivity index (χ0n) is 15.5. The highest BCUT2D eigenvalue weighted by atomic mass is 16.6. The number of nitro groups is 2. The van der Waals surface area contributed by atoms with E-state index >= 15 is 0 Å². The Kier molecular flexibility index (Phi) is 4.98. The average Bonchev–Trinajstić information content (AvgIpc) is 3.40. The largest absolute Gasteiger partial charge is 0.459 e. The van der Waals surface area contributed by atoms with Gasteiger partial charge in [0.15, 0.2) is 11.5 Å². The van der Waals surface area contributed by atoms with Crippen molar-refractivity contribution in [3.8, 4) is 11.5 Å². The third kappa shape index (κ3) is 4.15. The molecule has 0 N–H and O–H groups in total. The summed E-state index contributed by atoms with van der Waals surface area (Å²) in [5, 5.41) is 22.0. The Labute approximate surface area is 173 Å². The van der Waals surface area contributed by atoms with Crippen LogP contribution in [0, 0.1) is 20.2 Å². The Morgan fingerprint density at radius 3 is 2.42 bits per heavy atom. The minimum atomic E-state index is -0.762. The van der Waals surface area contributed by atoms with E-state index in [1.807, 2.05) is 0 Å². The number of benzene rings is 2. The molecule has 0 spiro atoms. The maximum Gasteiger partial charge on any atom is 0.363 e. The van der Waals surface area contributed by atoms with Crippen LogP contribution < -0.4 is 4.74 Å². The molecule has 11 nitrogen and oxygen atoms in total. The Morgan fingerprint density at radius 2 is 1.77 bits per heavy atom. The number of nitrogens with zero attached hydrogens (tertiary/aromatic N) is 3. The van der Waals surface area contributed by atoms with Gasteiger partial charge in [-0.2, -0.15) is 0 Å². The summed E-state index contributed by atoms with van der Waals surface area (Å²) in [6.07, 6.45) is 2.93. The number of carbonyl (C=O) groups excluding carboxylic acids is 1. The Balaban J connectivity index is 1.54. The van der Waals surface area contributed by atoms with Crippen LogP contribution in [-0.4, -0.2) is 21.7 Å². The first kappa shape index (κ1) is 19.5. The molecular weight excluding hydrogens is 410 g/mol. The number of nitro benzene ring substituents is 2. The first-order valence-electron chi connectivity index (χ1n) is 8.68. The van der Waals surface area contributed by atoms with Crippen LogP contribution in [0.3, 0.4) is 0 Å². The van der Waals surface area contributed by atoms with Gasteiger partial charge >= 0.3 is 11.7 Å². The van der Waals surface area contributed by atoms with Crippen LogP contribution in [0.5, 0.6) is 11.5 Å². The molecule has 0 unspecified atom stereocenters. The van der Waals surface area contributed by atoms with Crippen molar-refractivity contribution >= 4 is 29.3 Å². The van der Waals surface area contributed by atoms with Crippen LogP contribution in [-0.2, 0) is 9.53 Å². The maximum absolute atomic E-state index is 12.0. The van der Waals surface area contributed by atoms with Gasteiger partial charge in [-0.1, -0.05) is 12.1 Å². The highest BCUT2D eigenvalue weighted by molar-refractivity contribution is 6.11. The number of ether oxygens (including phenoxy) is 2. The van der Waals surface area contributed by atoms with Crippen molar-refractivity contribution in [2.24, 2.45) is 4.99 Å². The van der Waals surface area contributed by atoms with Gasteiger partial charge in [-0.15, -0.1) is 0 Å². The predicted molar refractivity (Wildman–Crippen MR) is 106 cm³/mol. The SMILES string of the molecule is O=C1OC(c2ccco2)=N/C1=C/c1ccc(Oc2ccc([N+](=O)[O-])cc2[N+](=O)[O-])cc1. The molecule has 2 aromatic carbocycles. The van der Waals surface area contributed by atoms with Crippen LogP contribution in [0.25, 0.3) is 6.08 Å². The average molecular weight is 421 g/mol. The molecule has 4 rings (SSSR count). The van der Waals surface area contributed by atoms with Crippen molar-refractivity contribution in [1.82, 2.24) is 0 Å². The van der Waals surface area contributed by atoms with Crippen molar-refractivity contribution in [1.29, 1.82) is 0 Å². The van der Waals surface area contributed by atoms with E-state index in [1.54, 1.807) is 24.3 Å². The van der Waals surface area contributed by atoms with E-state index in [2.05, 4.69) is 4.99 Å². The van der Waals surface area contributed by atoms with Crippen molar-refractivity contribution in [3.05, 3.63) is 98.1 Å². The summed E-state index contributed by atoms with van der Waals surface area (Å²) in [6, 6.07) is 12.6. The van der Waals surface area contributed by atoms with Gasteiger partial charge in [-0.25, -0.2) is 9.79 Å². The Morgan fingerprint density at radius 1 is 1.00 bits per heavy atom. The number of esters is 1. The number of carbonyl (C=O) groups is 1. The molecule has 154 valence electrons. The number of non-ortho nitro benzene ring substituents is 1. The van der Waals surface area contributed by atoms with Crippen LogP contribution in [0.1, 0.15) is 11.3 Å². The fourth-order valence-corrected chi connectivity index (χ4v) is 2.68. The van der Waals surface area contributed by atoms with Gasteiger partial charge in [0.1, 0.15) is 5.75 Å². The fraction of sp³-hybridized carbons (Fsp3) is 0. The first-order chi connectivity index (χ1) is 14.9. The molecule has 0 atom stereocenters. The highest BCUT2D eigenvalue weighted by Gasteiger charge is 2.26.